The predicted molar refractivity (Wildman–Crippen MR) is 54.9 cm³/mol. The largest absolute Gasteiger partial charge is 0.309 e. The van der Waals surface area contributed by atoms with E-state index >= 15 is 0 Å². The van der Waals surface area contributed by atoms with Gasteiger partial charge in [0.25, 0.3) is 0 Å². The Hall–Kier alpha value is -0.970. The fourth-order valence-electron chi connectivity index (χ4n) is 2.40. The zero-order valence-electron chi connectivity index (χ0n) is 9.11. The van der Waals surface area contributed by atoms with Gasteiger partial charge in [-0.15, -0.1) is 10.2 Å². The third kappa shape index (κ3) is 1.88. The summed E-state index contributed by atoms with van der Waals surface area (Å²) in [6, 6.07) is 0. The number of nitrogens with one attached hydrogen (secondary N) is 1. The monoisotopic (exact) mass is 207 g/mol. The molecule has 0 atom stereocenters. The summed E-state index contributed by atoms with van der Waals surface area (Å²) in [6.45, 7) is 1.89. The lowest BCUT2D eigenvalue weighted by Crippen LogP contribution is -2.25. The van der Waals surface area contributed by atoms with Crippen LogP contribution in [0.5, 0.6) is 0 Å². The molecule has 1 N–H and O–H groups in total. The first-order valence-corrected chi connectivity index (χ1v) is 5.72. The molecule has 0 amide bonds. The highest BCUT2D eigenvalue weighted by Crippen LogP contribution is 2.60. The molecule has 0 spiro atoms. The molecule has 15 heavy (non-hydrogen) atoms. The van der Waals surface area contributed by atoms with Crippen LogP contribution < -0.4 is 5.32 Å². The van der Waals surface area contributed by atoms with Gasteiger partial charge in [-0.05, 0) is 42.2 Å². The summed E-state index contributed by atoms with van der Waals surface area (Å²) in [5.74, 6) is 1.81. The molecule has 0 aromatic carbocycles. The van der Waals surface area contributed by atoms with E-state index in [1.807, 2.05) is 0 Å². The van der Waals surface area contributed by atoms with Gasteiger partial charge in [0, 0.05) is 6.54 Å². The summed E-state index contributed by atoms with van der Waals surface area (Å²) in [6.07, 6.45) is 5.73. The van der Waals surface area contributed by atoms with Crippen molar-refractivity contribution in [3.8, 4) is 0 Å². The summed E-state index contributed by atoms with van der Waals surface area (Å²) in [4.78, 5) is 1.50. The summed E-state index contributed by atoms with van der Waals surface area (Å²) in [7, 11) is 1.79. The molecule has 2 aliphatic carbocycles. The SMILES string of the molecule is Cn1nnc(CNCC2(C3CC3)CC2)n1. The third-order valence-corrected chi connectivity index (χ3v) is 3.65. The number of rotatable bonds is 5. The predicted octanol–water partition coefficient (Wildman–Crippen LogP) is 0.490. The lowest BCUT2D eigenvalue weighted by molar-refractivity contribution is 0.400. The van der Waals surface area contributed by atoms with Gasteiger partial charge >= 0.3 is 0 Å². The molecule has 5 heteroatoms. The summed E-state index contributed by atoms with van der Waals surface area (Å²) < 4.78 is 0. The van der Waals surface area contributed by atoms with Crippen LogP contribution in [0.25, 0.3) is 0 Å². The molecular weight excluding hydrogens is 190 g/mol. The standard InChI is InChI=1S/C10H17N5/c1-15-13-9(12-14-15)6-11-7-10(4-5-10)8-2-3-8/h8,11H,2-7H2,1H3. The normalized spacial score (nSPS) is 23.0. The number of hydrogen-bond donors (Lipinski definition) is 1. The number of aryl methyl sites for hydroxylation is 1. The van der Waals surface area contributed by atoms with Crippen LogP contribution in [0, 0.1) is 11.3 Å². The Morgan fingerprint density at radius 1 is 1.47 bits per heavy atom. The van der Waals surface area contributed by atoms with E-state index in [1.54, 1.807) is 7.05 Å². The Labute approximate surface area is 89.2 Å². The van der Waals surface area contributed by atoms with Crippen LogP contribution in [0.4, 0.5) is 0 Å². The molecule has 3 rings (SSSR count). The van der Waals surface area contributed by atoms with E-state index in [2.05, 4.69) is 20.7 Å². The number of aromatic nitrogens is 4. The molecule has 0 aliphatic heterocycles. The van der Waals surface area contributed by atoms with Crippen molar-refractivity contribution in [1.82, 2.24) is 25.5 Å². The van der Waals surface area contributed by atoms with Gasteiger partial charge in [-0.1, -0.05) is 0 Å². The van der Waals surface area contributed by atoms with Crippen molar-refractivity contribution in [2.45, 2.75) is 32.2 Å². The van der Waals surface area contributed by atoms with E-state index < -0.39 is 0 Å². The highest BCUT2D eigenvalue weighted by atomic mass is 15.6. The zero-order chi connectivity index (χ0) is 10.3. The molecule has 2 saturated carbocycles. The van der Waals surface area contributed by atoms with Gasteiger partial charge in [0.05, 0.1) is 13.6 Å². The van der Waals surface area contributed by atoms with Crippen molar-refractivity contribution in [2.75, 3.05) is 6.54 Å². The molecule has 2 aliphatic rings. The molecule has 82 valence electrons. The Morgan fingerprint density at radius 3 is 2.80 bits per heavy atom. The minimum Gasteiger partial charge on any atom is -0.309 e. The second kappa shape index (κ2) is 3.27. The van der Waals surface area contributed by atoms with Crippen LogP contribution >= 0.6 is 0 Å². The van der Waals surface area contributed by atoms with Crippen molar-refractivity contribution >= 4 is 0 Å². The van der Waals surface area contributed by atoms with Crippen LogP contribution in [0.15, 0.2) is 0 Å². The smallest absolute Gasteiger partial charge is 0.188 e. The van der Waals surface area contributed by atoms with Crippen molar-refractivity contribution < 1.29 is 0 Å². The molecule has 0 unspecified atom stereocenters. The molecule has 1 aromatic heterocycles. The molecule has 0 bridgehead atoms. The average Bonchev–Trinajstić information content (AvgIpc) is 3.08. The zero-order valence-corrected chi connectivity index (χ0v) is 9.11. The minimum atomic E-state index is 0.655. The molecule has 0 radical (unpaired) electrons. The third-order valence-electron chi connectivity index (χ3n) is 3.65. The molecule has 1 heterocycles. The van der Waals surface area contributed by atoms with Gasteiger partial charge in [-0.25, -0.2) is 0 Å². The molecule has 5 nitrogen and oxygen atoms in total. The van der Waals surface area contributed by atoms with Crippen LogP contribution in [-0.2, 0) is 13.6 Å². The van der Waals surface area contributed by atoms with Crippen molar-refractivity contribution in [2.24, 2.45) is 18.4 Å². The minimum absolute atomic E-state index is 0.655. The molecule has 2 fully saturated rings. The Bertz CT molecular complexity index is 350. The van der Waals surface area contributed by atoms with E-state index in [0.717, 1.165) is 24.8 Å². The van der Waals surface area contributed by atoms with Crippen LogP contribution in [-0.4, -0.2) is 26.8 Å². The van der Waals surface area contributed by atoms with Crippen LogP contribution in [0.3, 0.4) is 0 Å². The maximum absolute atomic E-state index is 4.14. The first-order chi connectivity index (χ1) is 7.28. The first kappa shape index (κ1) is 9.27. The van der Waals surface area contributed by atoms with E-state index in [1.165, 1.54) is 30.5 Å². The highest BCUT2D eigenvalue weighted by Gasteiger charge is 2.53. The Morgan fingerprint density at radius 2 is 2.27 bits per heavy atom. The fourth-order valence-corrected chi connectivity index (χ4v) is 2.40. The van der Waals surface area contributed by atoms with Crippen LogP contribution in [0.2, 0.25) is 0 Å². The summed E-state index contributed by atoms with van der Waals surface area (Å²) in [5.41, 5.74) is 0.655. The van der Waals surface area contributed by atoms with Gasteiger partial charge in [-0.2, -0.15) is 4.80 Å². The lowest BCUT2D eigenvalue weighted by Gasteiger charge is -2.13. The van der Waals surface area contributed by atoms with Crippen molar-refractivity contribution in [3.05, 3.63) is 5.82 Å². The first-order valence-electron chi connectivity index (χ1n) is 5.72. The fraction of sp³-hybridized carbons (Fsp3) is 0.900. The Kier molecular flexibility index (Phi) is 2.02. The maximum Gasteiger partial charge on any atom is 0.188 e. The average molecular weight is 207 g/mol. The van der Waals surface area contributed by atoms with Crippen molar-refractivity contribution in [3.63, 3.8) is 0 Å². The summed E-state index contributed by atoms with van der Waals surface area (Å²) in [5, 5.41) is 15.4. The van der Waals surface area contributed by atoms with Gasteiger partial charge in [0.15, 0.2) is 5.82 Å². The molecule has 0 saturated heterocycles. The second-order valence-corrected chi connectivity index (χ2v) is 4.94. The van der Waals surface area contributed by atoms with E-state index in [0.29, 0.717) is 5.41 Å². The maximum atomic E-state index is 4.14. The topological polar surface area (TPSA) is 55.6 Å². The Balaban J connectivity index is 1.47. The van der Waals surface area contributed by atoms with Gasteiger partial charge in [0.1, 0.15) is 0 Å². The number of hydrogen-bond acceptors (Lipinski definition) is 4. The van der Waals surface area contributed by atoms with Gasteiger partial charge in [0.2, 0.25) is 0 Å². The highest BCUT2D eigenvalue weighted by molar-refractivity contribution is 5.05. The van der Waals surface area contributed by atoms with E-state index in [4.69, 9.17) is 0 Å². The number of nitrogens with zero attached hydrogens (tertiary/aromatic N) is 4. The van der Waals surface area contributed by atoms with Crippen molar-refractivity contribution in [1.29, 1.82) is 0 Å². The van der Waals surface area contributed by atoms with Gasteiger partial charge in [-0.3, -0.25) is 0 Å². The summed E-state index contributed by atoms with van der Waals surface area (Å²) >= 11 is 0. The number of tetrazole rings is 1. The van der Waals surface area contributed by atoms with Gasteiger partial charge < -0.3 is 5.32 Å². The van der Waals surface area contributed by atoms with Crippen LogP contribution in [0.1, 0.15) is 31.5 Å². The lowest BCUT2D eigenvalue weighted by atomic mass is 10.0. The van der Waals surface area contributed by atoms with E-state index in [-0.39, 0.29) is 0 Å². The molecular formula is C10H17N5. The second-order valence-electron chi connectivity index (χ2n) is 4.94. The van der Waals surface area contributed by atoms with E-state index in [9.17, 15) is 0 Å². The molecule has 1 aromatic rings. The quantitative estimate of drug-likeness (QED) is 0.763.